The number of fused-ring (bicyclic) bond motifs is 1. The van der Waals surface area contributed by atoms with Crippen LogP contribution in [0.2, 0.25) is 0 Å². The zero-order valence-electron chi connectivity index (χ0n) is 12.2. The van der Waals surface area contributed by atoms with Crippen molar-refractivity contribution >= 4 is 17.5 Å². The zero-order valence-corrected chi connectivity index (χ0v) is 12.2. The first-order chi connectivity index (χ1) is 11.7. The van der Waals surface area contributed by atoms with Crippen LogP contribution in [0.15, 0.2) is 55.0 Å². The first kappa shape index (κ1) is 14.0. The summed E-state index contributed by atoms with van der Waals surface area (Å²) < 4.78 is 16.0. The highest BCUT2D eigenvalue weighted by molar-refractivity contribution is 6.02. The topological polar surface area (TPSA) is 90.0 Å². The van der Waals surface area contributed by atoms with Crippen LogP contribution in [0.5, 0.6) is 0 Å². The van der Waals surface area contributed by atoms with Crippen LogP contribution in [0.3, 0.4) is 0 Å². The van der Waals surface area contributed by atoms with Gasteiger partial charge in [-0.3, -0.25) is 10.1 Å². The summed E-state index contributed by atoms with van der Waals surface area (Å²) in [5.41, 5.74) is 0.609. The Morgan fingerprint density at radius 1 is 1.12 bits per heavy atom. The van der Waals surface area contributed by atoms with Gasteiger partial charge in [-0.15, -0.1) is 5.10 Å². The molecule has 0 saturated heterocycles. The van der Waals surface area contributed by atoms with Gasteiger partial charge in [0.1, 0.15) is 11.5 Å². The molecular weight excluding hydrogens is 313 g/mol. The lowest BCUT2D eigenvalue weighted by atomic mass is 10.3. The molecule has 0 aliphatic heterocycles. The van der Waals surface area contributed by atoms with E-state index in [-0.39, 0.29) is 11.6 Å². The Labute approximate surface area is 134 Å². The number of rotatable bonds is 3. The van der Waals surface area contributed by atoms with Crippen molar-refractivity contribution in [3.8, 4) is 5.82 Å². The molecule has 0 aliphatic carbocycles. The van der Waals surface area contributed by atoms with E-state index < -0.39 is 11.7 Å². The van der Waals surface area contributed by atoms with Gasteiger partial charge in [-0.25, -0.2) is 18.6 Å². The maximum atomic E-state index is 13.2. The molecule has 0 aromatic carbocycles. The highest BCUT2D eigenvalue weighted by Crippen LogP contribution is 2.09. The Morgan fingerprint density at radius 2 is 2.04 bits per heavy atom. The molecule has 118 valence electrons. The molecule has 1 amide bonds. The number of pyridine rings is 2. The minimum atomic E-state index is -0.472. The quantitative estimate of drug-likeness (QED) is 0.620. The van der Waals surface area contributed by atoms with Gasteiger partial charge >= 0.3 is 0 Å². The molecule has 1 N–H and O–H groups in total. The summed E-state index contributed by atoms with van der Waals surface area (Å²) in [6.07, 6.45) is 4.52. The van der Waals surface area contributed by atoms with E-state index in [2.05, 4.69) is 25.5 Å². The van der Waals surface area contributed by atoms with Gasteiger partial charge in [0.2, 0.25) is 5.95 Å². The number of hydrogen-bond acceptors (Lipinski definition) is 5. The fourth-order valence-electron chi connectivity index (χ4n) is 2.16. The molecule has 9 heteroatoms. The van der Waals surface area contributed by atoms with Gasteiger partial charge in [0.25, 0.3) is 5.91 Å². The number of hydrogen-bond donors (Lipinski definition) is 1. The molecule has 0 saturated carbocycles. The number of halogens is 1. The lowest BCUT2D eigenvalue weighted by Gasteiger charge is -2.03. The van der Waals surface area contributed by atoms with Crippen molar-refractivity contribution in [1.82, 2.24) is 29.4 Å². The van der Waals surface area contributed by atoms with E-state index >= 15 is 0 Å². The Balaban J connectivity index is 1.60. The van der Waals surface area contributed by atoms with Gasteiger partial charge in [0.15, 0.2) is 11.5 Å². The van der Waals surface area contributed by atoms with E-state index in [4.69, 9.17) is 0 Å². The van der Waals surface area contributed by atoms with Crippen LogP contribution in [-0.4, -0.2) is 35.3 Å². The number of carbonyl (C=O) groups is 1. The SMILES string of the molecule is O=C(Nc1nc2ccc(F)cn2n1)c1cccc(-n2cccn2)n1. The second kappa shape index (κ2) is 5.54. The molecule has 0 radical (unpaired) electrons. The average molecular weight is 323 g/mol. The van der Waals surface area contributed by atoms with E-state index in [0.29, 0.717) is 11.5 Å². The van der Waals surface area contributed by atoms with Crippen LogP contribution < -0.4 is 5.32 Å². The van der Waals surface area contributed by atoms with Crippen molar-refractivity contribution in [2.75, 3.05) is 5.32 Å². The third-order valence-corrected chi connectivity index (χ3v) is 3.23. The van der Waals surface area contributed by atoms with Crippen LogP contribution >= 0.6 is 0 Å². The summed E-state index contributed by atoms with van der Waals surface area (Å²) in [6, 6.07) is 9.49. The Hall–Kier alpha value is -3.62. The lowest BCUT2D eigenvalue weighted by Crippen LogP contribution is -2.15. The lowest BCUT2D eigenvalue weighted by molar-refractivity contribution is 0.102. The normalized spacial score (nSPS) is 10.9. The Kier molecular flexibility index (Phi) is 3.23. The predicted molar refractivity (Wildman–Crippen MR) is 82.3 cm³/mol. The van der Waals surface area contributed by atoms with E-state index in [1.807, 2.05) is 0 Å². The molecule has 24 heavy (non-hydrogen) atoms. The molecule has 0 aliphatic rings. The maximum Gasteiger partial charge on any atom is 0.276 e. The highest BCUT2D eigenvalue weighted by atomic mass is 19.1. The van der Waals surface area contributed by atoms with Crippen molar-refractivity contribution in [3.63, 3.8) is 0 Å². The fourth-order valence-corrected chi connectivity index (χ4v) is 2.16. The molecule has 4 heterocycles. The van der Waals surface area contributed by atoms with Gasteiger partial charge in [0, 0.05) is 12.4 Å². The van der Waals surface area contributed by atoms with Crippen molar-refractivity contribution in [3.05, 3.63) is 66.5 Å². The summed E-state index contributed by atoms with van der Waals surface area (Å²) in [7, 11) is 0. The van der Waals surface area contributed by atoms with Gasteiger partial charge in [-0.05, 0) is 30.3 Å². The van der Waals surface area contributed by atoms with Crippen LogP contribution in [0, 0.1) is 5.82 Å². The molecule has 0 bridgehead atoms. The second-order valence-corrected chi connectivity index (χ2v) is 4.87. The third kappa shape index (κ3) is 2.58. The van der Waals surface area contributed by atoms with Gasteiger partial charge < -0.3 is 0 Å². The first-order valence-corrected chi connectivity index (χ1v) is 6.99. The third-order valence-electron chi connectivity index (χ3n) is 3.23. The maximum absolute atomic E-state index is 13.2. The number of carbonyl (C=O) groups excluding carboxylic acids is 1. The molecular formula is C15H10FN7O. The number of nitrogens with one attached hydrogen (secondary N) is 1. The minimum absolute atomic E-state index is 0.0666. The number of aromatic nitrogens is 6. The number of amides is 1. The molecule has 0 unspecified atom stereocenters. The van der Waals surface area contributed by atoms with Crippen molar-refractivity contribution < 1.29 is 9.18 Å². The molecule has 0 spiro atoms. The van der Waals surface area contributed by atoms with E-state index in [1.165, 1.54) is 22.8 Å². The summed E-state index contributed by atoms with van der Waals surface area (Å²) in [6.45, 7) is 0. The predicted octanol–water partition coefficient (Wildman–Crippen LogP) is 1.70. The molecule has 0 fully saturated rings. The smallest absolute Gasteiger partial charge is 0.276 e. The van der Waals surface area contributed by atoms with E-state index in [1.54, 1.807) is 41.3 Å². The Morgan fingerprint density at radius 3 is 2.88 bits per heavy atom. The summed E-state index contributed by atoms with van der Waals surface area (Å²) >= 11 is 0. The molecule has 8 nitrogen and oxygen atoms in total. The van der Waals surface area contributed by atoms with E-state index in [0.717, 1.165) is 0 Å². The monoisotopic (exact) mass is 323 g/mol. The van der Waals surface area contributed by atoms with Crippen molar-refractivity contribution in [2.45, 2.75) is 0 Å². The summed E-state index contributed by atoms with van der Waals surface area (Å²) in [5, 5.41) is 10.6. The zero-order chi connectivity index (χ0) is 16.5. The summed E-state index contributed by atoms with van der Waals surface area (Å²) in [4.78, 5) is 20.7. The van der Waals surface area contributed by atoms with Crippen molar-refractivity contribution in [1.29, 1.82) is 0 Å². The van der Waals surface area contributed by atoms with Crippen LogP contribution in [0.25, 0.3) is 11.5 Å². The first-order valence-electron chi connectivity index (χ1n) is 6.99. The molecule has 0 atom stereocenters. The van der Waals surface area contributed by atoms with Gasteiger partial charge in [-0.2, -0.15) is 10.1 Å². The average Bonchev–Trinajstić information content (AvgIpc) is 3.23. The standard InChI is InChI=1S/C15H10FN7O/c16-10-5-6-13-19-15(21-23(13)9-10)20-14(24)11-3-1-4-12(18-11)22-8-2-7-17-22/h1-9H,(H,20,21,24). The largest absolute Gasteiger partial charge is 0.288 e. The van der Waals surface area contributed by atoms with Crippen molar-refractivity contribution in [2.24, 2.45) is 0 Å². The van der Waals surface area contributed by atoms with Crippen LogP contribution in [0.1, 0.15) is 10.5 Å². The molecule has 4 aromatic heterocycles. The van der Waals surface area contributed by atoms with Gasteiger partial charge in [-0.1, -0.05) is 6.07 Å². The van der Waals surface area contributed by atoms with E-state index in [9.17, 15) is 9.18 Å². The van der Waals surface area contributed by atoms with Crippen LogP contribution in [-0.2, 0) is 0 Å². The summed E-state index contributed by atoms with van der Waals surface area (Å²) in [5.74, 6) is -0.339. The Bertz CT molecular complexity index is 1030. The number of nitrogens with zero attached hydrogens (tertiary/aromatic N) is 6. The highest BCUT2D eigenvalue weighted by Gasteiger charge is 2.12. The minimum Gasteiger partial charge on any atom is -0.288 e. The molecule has 4 aromatic rings. The van der Waals surface area contributed by atoms with Crippen LogP contribution in [0.4, 0.5) is 10.3 Å². The second-order valence-electron chi connectivity index (χ2n) is 4.87. The number of anilines is 1. The van der Waals surface area contributed by atoms with Gasteiger partial charge in [0.05, 0.1) is 6.20 Å². The fraction of sp³-hybridized carbons (Fsp3) is 0. The molecule has 4 rings (SSSR count).